The molecular formula is C73H90ClF4N15O7S. The average Bonchev–Trinajstić information content (AvgIpc) is 1.72. The Morgan fingerprint density at radius 3 is 2.43 bits per heavy atom. The number of aryl methyl sites for hydroxylation is 2. The number of likely N-dealkylation sites (tertiary alicyclic amines) is 1. The van der Waals surface area contributed by atoms with E-state index in [0.717, 1.165) is 120 Å². The van der Waals surface area contributed by atoms with Gasteiger partial charge < -0.3 is 54.3 Å². The number of nitrogens with two attached hydrogens (primary N) is 1. The van der Waals surface area contributed by atoms with E-state index < -0.39 is 46.3 Å². The first kappa shape index (κ1) is 72.7. The predicted octanol–water partition coefficient (Wildman–Crippen LogP) is 10.7. The SMILES string of the molecule is C=CC(=O)N1CCN(c2nc(OCC3CCCN3C)nc3c(F)c(-c4nc(N)cc(C)c4C(F)(F)F)c(Cl)cc23)C(C)C1.CCn1c(-c2cc(N3CCN(C)CC3)cnc2C(C)OC)c2c3cc(ccc31)-c1csc(n1)CC(NC(=O)C1CC1C)C(=O)N1CCCC(N1)C(=O)OCC(C)(C)C2. The Morgan fingerprint density at radius 1 is 0.990 bits per heavy atom. The van der Waals surface area contributed by atoms with Crippen LogP contribution in [0.3, 0.4) is 0 Å². The molecule has 540 valence electrons. The lowest BCUT2D eigenvalue weighted by Gasteiger charge is -2.40. The van der Waals surface area contributed by atoms with Crippen molar-refractivity contribution >= 4 is 85.8 Å². The summed E-state index contributed by atoms with van der Waals surface area (Å²) in [6.45, 7) is 24.6. The highest BCUT2D eigenvalue weighted by molar-refractivity contribution is 7.10. The molecule has 13 rings (SSSR count). The Morgan fingerprint density at radius 2 is 1.74 bits per heavy atom. The number of fused-ring (bicyclic) bond motifs is 7. The van der Waals surface area contributed by atoms with Crippen LogP contribution in [0.5, 0.6) is 6.01 Å². The summed E-state index contributed by atoms with van der Waals surface area (Å²) in [5.74, 6) is -1.81. The summed E-state index contributed by atoms with van der Waals surface area (Å²) in [6.07, 6.45) is 2.89. The number of carbonyl (C=O) groups is 4. The number of carbonyl (C=O) groups excluding carboxylic acids is 4. The highest BCUT2D eigenvalue weighted by Gasteiger charge is 2.43. The lowest BCUT2D eigenvalue weighted by atomic mass is 9.84. The molecule has 4 saturated heterocycles. The molecule has 22 nitrogen and oxygen atoms in total. The molecule has 5 aromatic heterocycles. The first-order valence-electron chi connectivity index (χ1n) is 34.8. The molecule has 6 aliphatic rings. The molecule has 10 heterocycles. The van der Waals surface area contributed by atoms with Gasteiger partial charge >= 0.3 is 18.2 Å². The zero-order valence-electron chi connectivity index (χ0n) is 59.0. The van der Waals surface area contributed by atoms with E-state index in [0.29, 0.717) is 51.4 Å². The minimum Gasteiger partial charge on any atom is -0.464 e. The topological polar surface area (TPSA) is 235 Å². The quantitative estimate of drug-likeness (QED) is 0.0553. The maximum absolute atomic E-state index is 16.5. The Bertz CT molecular complexity index is 4310. The molecule has 7 unspecified atom stereocenters. The zero-order valence-corrected chi connectivity index (χ0v) is 60.6. The van der Waals surface area contributed by atoms with Crippen molar-refractivity contribution in [3.05, 3.63) is 98.9 Å². The largest absolute Gasteiger partial charge is 0.464 e. The summed E-state index contributed by atoms with van der Waals surface area (Å²) >= 11 is 8.03. The molecule has 6 bridgehead atoms. The molecule has 1 saturated carbocycles. The monoisotopic (exact) mass is 1430 g/mol. The Balaban J connectivity index is 0.000000200. The number of anilines is 3. The van der Waals surface area contributed by atoms with Gasteiger partial charge in [-0.05, 0) is 140 Å². The second kappa shape index (κ2) is 29.7. The summed E-state index contributed by atoms with van der Waals surface area (Å²) in [5.41, 5.74) is 13.7. The third kappa shape index (κ3) is 15.4. The smallest absolute Gasteiger partial charge is 0.418 e. The second-order valence-corrected chi connectivity index (χ2v) is 29.9. The minimum absolute atomic E-state index is 0.0897. The maximum atomic E-state index is 16.5. The first-order valence-corrected chi connectivity index (χ1v) is 36.1. The van der Waals surface area contributed by atoms with Gasteiger partial charge in [-0.1, -0.05) is 45.0 Å². The fraction of sp³-hybridized carbons (Fsp3) is 0.521. The number of nitrogens with zero attached hydrogens (tertiary/aromatic N) is 12. The third-order valence-corrected chi connectivity index (χ3v) is 21.8. The predicted molar refractivity (Wildman–Crippen MR) is 383 cm³/mol. The summed E-state index contributed by atoms with van der Waals surface area (Å²) in [7, 11) is 5.87. The molecule has 1 aliphatic carbocycles. The number of alkyl halides is 3. The van der Waals surface area contributed by atoms with E-state index in [1.165, 1.54) is 35.4 Å². The average molecular weight is 1430 g/mol. The van der Waals surface area contributed by atoms with Crippen LogP contribution in [-0.2, 0) is 54.2 Å². The van der Waals surface area contributed by atoms with E-state index in [4.69, 9.17) is 41.5 Å². The molecule has 5 fully saturated rings. The van der Waals surface area contributed by atoms with Crippen molar-refractivity contribution in [2.45, 2.75) is 136 Å². The van der Waals surface area contributed by atoms with Gasteiger partial charge in [0, 0.05) is 129 Å². The summed E-state index contributed by atoms with van der Waals surface area (Å²) in [4.78, 5) is 86.9. The van der Waals surface area contributed by atoms with E-state index in [9.17, 15) is 32.3 Å². The molecule has 4 N–H and O–H groups in total. The van der Waals surface area contributed by atoms with Gasteiger partial charge in [0.1, 0.15) is 35.8 Å². The number of aromatic nitrogens is 6. The molecule has 7 aromatic rings. The number of nitrogen functional groups attached to an aromatic ring is 1. The number of esters is 1. The molecule has 7 atom stereocenters. The van der Waals surface area contributed by atoms with Gasteiger partial charge in [0.2, 0.25) is 11.8 Å². The number of thiazole rings is 1. The van der Waals surface area contributed by atoms with Gasteiger partial charge in [0.05, 0.1) is 68.5 Å². The van der Waals surface area contributed by atoms with Gasteiger partial charge in [0.15, 0.2) is 5.82 Å². The number of benzene rings is 2. The van der Waals surface area contributed by atoms with Crippen molar-refractivity contribution in [3.8, 4) is 39.8 Å². The van der Waals surface area contributed by atoms with Crippen LogP contribution in [0, 0.1) is 30.0 Å². The number of halogens is 5. The number of hydrogen-bond donors (Lipinski definition) is 3. The number of pyridine rings is 2. The van der Waals surface area contributed by atoms with Crippen molar-refractivity contribution < 1.29 is 51.0 Å². The second-order valence-electron chi connectivity index (χ2n) is 28.5. The van der Waals surface area contributed by atoms with Crippen LogP contribution in [0.2, 0.25) is 5.02 Å². The number of cyclic esters (lactones) is 1. The zero-order chi connectivity index (χ0) is 72.1. The van der Waals surface area contributed by atoms with Gasteiger partial charge in [0.25, 0.3) is 5.91 Å². The summed E-state index contributed by atoms with van der Waals surface area (Å²) < 4.78 is 79.5. The molecule has 101 heavy (non-hydrogen) atoms. The van der Waals surface area contributed by atoms with Crippen LogP contribution >= 0.6 is 22.9 Å². The van der Waals surface area contributed by atoms with Gasteiger partial charge in [-0.25, -0.2) is 19.8 Å². The number of hydrazine groups is 1. The summed E-state index contributed by atoms with van der Waals surface area (Å²) in [5, 5.41) is 8.33. The van der Waals surface area contributed by atoms with E-state index >= 15 is 4.39 Å². The molecule has 5 aliphatic heterocycles. The van der Waals surface area contributed by atoms with Crippen LogP contribution in [0.25, 0.3) is 55.6 Å². The fourth-order valence-corrected chi connectivity index (χ4v) is 15.8. The maximum Gasteiger partial charge on any atom is 0.418 e. The molecular weight excluding hydrogens is 1340 g/mol. The van der Waals surface area contributed by atoms with Gasteiger partial charge in [-0.2, -0.15) is 23.1 Å². The van der Waals surface area contributed by atoms with Gasteiger partial charge in [-0.15, -0.1) is 11.3 Å². The number of piperazine rings is 2. The summed E-state index contributed by atoms with van der Waals surface area (Å²) in [6, 6.07) is 9.47. The fourth-order valence-electron chi connectivity index (χ4n) is 14.7. The van der Waals surface area contributed by atoms with E-state index in [1.807, 2.05) is 44.3 Å². The van der Waals surface area contributed by atoms with E-state index in [2.05, 4.69) is 104 Å². The molecule has 28 heteroatoms. The highest BCUT2D eigenvalue weighted by atomic mass is 35.5. The molecule has 2 aromatic carbocycles. The van der Waals surface area contributed by atoms with Crippen molar-refractivity contribution in [2.75, 3.05) is 109 Å². The van der Waals surface area contributed by atoms with Gasteiger partial charge in [-0.3, -0.25) is 29.2 Å². The number of ether oxygens (including phenoxy) is 3. The van der Waals surface area contributed by atoms with Crippen molar-refractivity contribution in [3.63, 3.8) is 0 Å². The number of nitrogens with one attached hydrogen (secondary N) is 2. The standard InChI is InChI=1S/C44H58N8O5S.C29H32ClF4N7O2/c1-8-51-37-12-11-28-19-31(37)33(40(51)32-20-29(23-45-39(32)27(3)56-7)50-16-14-49(6)15-17-50)22-44(4,5)25-57-43(55)34-10-9-13-52(48-34)42(54)35(21-38-46-36(28)24-58-38)47-41(53)30-18-26(30)2;1-5-21(42)40-9-10-41(16(3)13-40)27-18-12-19(30)22(26-23(29(32,33)34)15(2)11-20(35)36-26)24(31)25(18)37-28(38-27)43-14-17-7-6-8-39(17)4/h11-12,19-20,23-24,26-27,30,34-35,48H,8-10,13-18,21-22,25H2,1-7H3,(H,47,53);5,11-12,16-17H,1,6-10,13-14H2,2-4H3,(H2,35,36). The lowest BCUT2D eigenvalue weighted by molar-refractivity contribution is -0.155. The number of amides is 3. The Labute approximate surface area is 594 Å². The minimum atomic E-state index is -4.86. The highest BCUT2D eigenvalue weighted by Crippen LogP contribution is 2.47. The lowest BCUT2D eigenvalue weighted by Crippen LogP contribution is -2.60. The van der Waals surface area contributed by atoms with Crippen LogP contribution in [-0.4, -0.2) is 190 Å². The number of methoxy groups -OCH3 is 1. The van der Waals surface area contributed by atoms with E-state index in [1.54, 1.807) is 12.0 Å². The number of likely N-dealkylation sites (N-methyl/N-ethyl adjacent to an activating group) is 2. The third-order valence-electron chi connectivity index (χ3n) is 20.6. The van der Waals surface area contributed by atoms with Crippen molar-refractivity contribution in [1.29, 1.82) is 0 Å². The van der Waals surface area contributed by atoms with Crippen molar-refractivity contribution in [2.24, 2.45) is 17.3 Å². The van der Waals surface area contributed by atoms with Crippen LogP contribution in [0.1, 0.15) is 107 Å². The molecule has 0 radical (unpaired) electrons. The molecule has 0 spiro atoms. The Hall–Kier alpha value is -8.08. The number of hydrogen-bond acceptors (Lipinski definition) is 19. The van der Waals surface area contributed by atoms with Crippen molar-refractivity contribution in [1.82, 2.24) is 59.9 Å². The normalized spacial score (nSPS) is 22.6. The van der Waals surface area contributed by atoms with Crippen LogP contribution in [0.15, 0.2) is 60.6 Å². The number of rotatable bonds is 13. The Kier molecular flexibility index (Phi) is 21.4. The van der Waals surface area contributed by atoms with E-state index in [-0.39, 0.29) is 107 Å². The van der Waals surface area contributed by atoms with Crippen LogP contribution in [0.4, 0.5) is 34.9 Å². The first-order chi connectivity index (χ1) is 48.1. The molecule has 3 amide bonds. The van der Waals surface area contributed by atoms with Crippen LogP contribution < -0.4 is 31.0 Å².